The number of aryl methyl sites for hydroxylation is 1. The maximum Gasteiger partial charge on any atom is 0.124 e. The molecule has 0 aliphatic rings. The number of benzene rings is 3. The highest BCUT2D eigenvalue weighted by molar-refractivity contribution is 5.87. The van der Waals surface area contributed by atoms with Crippen molar-refractivity contribution in [2.45, 2.75) is 20.1 Å². The lowest BCUT2D eigenvalue weighted by atomic mass is 10.0. The van der Waals surface area contributed by atoms with Gasteiger partial charge in [0.05, 0.1) is 0 Å². The summed E-state index contributed by atoms with van der Waals surface area (Å²) in [5.41, 5.74) is 3.69. The van der Waals surface area contributed by atoms with Gasteiger partial charge in [0.2, 0.25) is 0 Å². The first-order chi connectivity index (χ1) is 12.6. The van der Waals surface area contributed by atoms with Gasteiger partial charge < -0.3 is 15.0 Å². The van der Waals surface area contributed by atoms with Gasteiger partial charge in [0.15, 0.2) is 0 Å². The molecular formula is C23H30Cl2N2O. The van der Waals surface area contributed by atoms with Crippen molar-refractivity contribution in [3.8, 4) is 5.75 Å². The van der Waals surface area contributed by atoms with Crippen LogP contribution in [0.1, 0.15) is 16.7 Å². The zero-order valence-corrected chi connectivity index (χ0v) is 18.4. The highest BCUT2D eigenvalue weighted by atomic mass is 35.5. The molecule has 0 saturated heterocycles. The number of hydrogen-bond acceptors (Lipinski definition) is 3. The van der Waals surface area contributed by atoms with Gasteiger partial charge in [-0.15, -0.1) is 24.8 Å². The Kier molecular flexibility index (Phi) is 10.3. The summed E-state index contributed by atoms with van der Waals surface area (Å²) in [5.74, 6) is 0.960. The Bertz CT molecular complexity index is 851. The third-order valence-corrected chi connectivity index (χ3v) is 4.55. The molecule has 0 heterocycles. The summed E-state index contributed by atoms with van der Waals surface area (Å²) in [6.07, 6.45) is 0. The zero-order chi connectivity index (χ0) is 18.4. The van der Waals surface area contributed by atoms with Crippen LogP contribution in [0.25, 0.3) is 10.8 Å². The second kappa shape index (κ2) is 11.9. The minimum atomic E-state index is 0. The second-order valence-electron chi connectivity index (χ2n) is 7.02. The molecule has 0 amide bonds. The van der Waals surface area contributed by atoms with Crippen LogP contribution in [0.2, 0.25) is 0 Å². The van der Waals surface area contributed by atoms with E-state index in [2.05, 4.69) is 91.9 Å². The SMILES string of the molecule is Cc1ccc(COc2ccc3ccccc3c2CNCCN(C)C)cc1.Cl.Cl. The summed E-state index contributed by atoms with van der Waals surface area (Å²) in [5, 5.41) is 6.05. The Morgan fingerprint density at radius 2 is 1.61 bits per heavy atom. The number of ether oxygens (including phenoxy) is 1. The summed E-state index contributed by atoms with van der Waals surface area (Å²) in [7, 11) is 4.19. The standard InChI is InChI=1S/C23H28N2O.2ClH/c1-18-8-10-19(11-9-18)17-26-23-13-12-20-6-4-5-7-21(20)22(23)16-24-14-15-25(2)3;;/h4-13,24H,14-17H2,1-3H3;2*1H. The van der Waals surface area contributed by atoms with E-state index in [1.54, 1.807) is 0 Å². The van der Waals surface area contributed by atoms with E-state index in [9.17, 15) is 0 Å². The smallest absolute Gasteiger partial charge is 0.124 e. The van der Waals surface area contributed by atoms with Gasteiger partial charge in [0, 0.05) is 25.2 Å². The van der Waals surface area contributed by atoms with E-state index in [1.165, 1.54) is 27.5 Å². The topological polar surface area (TPSA) is 24.5 Å². The molecule has 0 atom stereocenters. The second-order valence-corrected chi connectivity index (χ2v) is 7.02. The van der Waals surface area contributed by atoms with Gasteiger partial charge in [0.25, 0.3) is 0 Å². The Labute approximate surface area is 180 Å². The fourth-order valence-electron chi connectivity index (χ4n) is 2.99. The number of hydrogen-bond donors (Lipinski definition) is 1. The lowest BCUT2D eigenvalue weighted by molar-refractivity contribution is 0.302. The molecule has 0 bridgehead atoms. The van der Waals surface area contributed by atoms with Crippen molar-refractivity contribution in [2.75, 3.05) is 27.2 Å². The normalized spacial score (nSPS) is 10.4. The molecule has 3 aromatic rings. The number of halogens is 2. The van der Waals surface area contributed by atoms with Crippen molar-refractivity contribution in [1.82, 2.24) is 10.2 Å². The van der Waals surface area contributed by atoms with Crippen LogP contribution < -0.4 is 10.1 Å². The molecule has 0 fully saturated rings. The van der Waals surface area contributed by atoms with Crippen molar-refractivity contribution < 1.29 is 4.74 Å². The number of nitrogens with one attached hydrogen (secondary N) is 1. The summed E-state index contributed by atoms with van der Waals surface area (Å²) in [4.78, 5) is 2.19. The first kappa shape index (κ1) is 24.3. The van der Waals surface area contributed by atoms with E-state index in [0.29, 0.717) is 6.61 Å². The molecule has 0 aliphatic carbocycles. The van der Waals surface area contributed by atoms with E-state index in [0.717, 1.165) is 25.4 Å². The molecule has 0 spiro atoms. The molecule has 1 N–H and O–H groups in total. The van der Waals surface area contributed by atoms with Gasteiger partial charge in [-0.2, -0.15) is 0 Å². The molecule has 5 heteroatoms. The van der Waals surface area contributed by atoms with Gasteiger partial charge in [-0.25, -0.2) is 0 Å². The molecule has 28 heavy (non-hydrogen) atoms. The van der Waals surface area contributed by atoms with E-state index in [1.807, 2.05) is 0 Å². The average Bonchev–Trinajstić information content (AvgIpc) is 2.65. The van der Waals surface area contributed by atoms with Crippen LogP contribution in [-0.4, -0.2) is 32.1 Å². The van der Waals surface area contributed by atoms with Crippen LogP contribution in [-0.2, 0) is 13.2 Å². The van der Waals surface area contributed by atoms with Crippen LogP contribution in [0.3, 0.4) is 0 Å². The number of fused-ring (bicyclic) bond motifs is 1. The molecule has 3 nitrogen and oxygen atoms in total. The third kappa shape index (κ3) is 6.68. The van der Waals surface area contributed by atoms with Crippen LogP contribution >= 0.6 is 24.8 Å². The van der Waals surface area contributed by atoms with Crippen molar-refractivity contribution in [1.29, 1.82) is 0 Å². The Hall–Kier alpha value is -1.78. The molecule has 0 aliphatic heterocycles. The lowest BCUT2D eigenvalue weighted by Gasteiger charge is -2.16. The zero-order valence-electron chi connectivity index (χ0n) is 16.8. The summed E-state index contributed by atoms with van der Waals surface area (Å²) < 4.78 is 6.20. The quantitative estimate of drug-likeness (QED) is 0.505. The number of nitrogens with zero attached hydrogens (tertiary/aromatic N) is 1. The Morgan fingerprint density at radius 3 is 2.32 bits per heavy atom. The molecule has 0 unspecified atom stereocenters. The van der Waals surface area contributed by atoms with E-state index >= 15 is 0 Å². The van der Waals surface area contributed by atoms with E-state index in [-0.39, 0.29) is 24.8 Å². The van der Waals surface area contributed by atoms with Gasteiger partial charge in [-0.1, -0.05) is 60.2 Å². The molecule has 0 radical (unpaired) electrons. The minimum Gasteiger partial charge on any atom is -0.489 e. The fraction of sp³-hybridized carbons (Fsp3) is 0.304. The lowest BCUT2D eigenvalue weighted by Crippen LogP contribution is -2.26. The van der Waals surface area contributed by atoms with Crippen molar-refractivity contribution >= 4 is 35.6 Å². The van der Waals surface area contributed by atoms with Gasteiger partial charge >= 0.3 is 0 Å². The summed E-state index contributed by atoms with van der Waals surface area (Å²) in [6, 6.07) is 21.3. The molecule has 3 aromatic carbocycles. The van der Waals surface area contributed by atoms with Crippen LogP contribution in [0.5, 0.6) is 5.75 Å². The largest absolute Gasteiger partial charge is 0.489 e. The van der Waals surface area contributed by atoms with Crippen LogP contribution in [0, 0.1) is 6.92 Å². The summed E-state index contributed by atoms with van der Waals surface area (Å²) >= 11 is 0. The first-order valence-corrected chi connectivity index (χ1v) is 9.18. The van der Waals surface area contributed by atoms with E-state index < -0.39 is 0 Å². The van der Waals surface area contributed by atoms with Crippen LogP contribution in [0.15, 0.2) is 60.7 Å². The highest BCUT2D eigenvalue weighted by Gasteiger charge is 2.09. The minimum absolute atomic E-state index is 0. The van der Waals surface area contributed by atoms with E-state index in [4.69, 9.17) is 4.74 Å². The molecule has 0 saturated carbocycles. The van der Waals surface area contributed by atoms with Crippen molar-refractivity contribution in [3.05, 3.63) is 77.4 Å². The molecular weight excluding hydrogens is 391 g/mol. The third-order valence-electron chi connectivity index (χ3n) is 4.55. The number of rotatable bonds is 8. The maximum atomic E-state index is 6.20. The maximum absolute atomic E-state index is 6.20. The predicted molar refractivity (Wildman–Crippen MR) is 124 cm³/mol. The van der Waals surface area contributed by atoms with Gasteiger partial charge in [-0.05, 0) is 43.4 Å². The predicted octanol–water partition coefficient (Wildman–Crippen LogP) is 5.22. The van der Waals surface area contributed by atoms with Gasteiger partial charge in [-0.3, -0.25) is 0 Å². The van der Waals surface area contributed by atoms with Crippen LogP contribution in [0.4, 0.5) is 0 Å². The Morgan fingerprint density at radius 1 is 0.893 bits per heavy atom. The average molecular weight is 421 g/mol. The highest BCUT2D eigenvalue weighted by Crippen LogP contribution is 2.28. The molecule has 152 valence electrons. The molecule has 0 aromatic heterocycles. The van der Waals surface area contributed by atoms with Crippen molar-refractivity contribution in [2.24, 2.45) is 0 Å². The fourth-order valence-corrected chi connectivity index (χ4v) is 2.99. The van der Waals surface area contributed by atoms with Crippen molar-refractivity contribution in [3.63, 3.8) is 0 Å². The van der Waals surface area contributed by atoms with Gasteiger partial charge in [0.1, 0.15) is 12.4 Å². The monoisotopic (exact) mass is 420 g/mol. The number of likely N-dealkylation sites (N-methyl/N-ethyl adjacent to an activating group) is 1. The first-order valence-electron chi connectivity index (χ1n) is 9.18. The molecule has 3 rings (SSSR count). The summed E-state index contributed by atoms with van der Waals surface area (Å²) in [6.45, 7) is 5.46. The Balaban J connectivity index is 0.00000196.